The Morgan fingerprint density at radius 2 is 2.00 bits per heavy atom. The first-order valence-electron chi connectivity index (χ1n) is 7.76. The lowest BCUT2D eigenvalue weighted by atomic mass is 10.1. The minimum absolute atomic E-state index is 0.381. The lowest BCUT2D eigenvalue weighted by molar-refractivity contribution is -0.118. The number of carbonyl (C=O) groups excluding carboxylic acids is 1. The van der Waals surface area contributed by atoms with Crippen LogP contribution >= 0.6 is 0 Å². The van der Waals surface area contributed by atoms with E-state index in [1.165, 1.54) is 19.4 Å². The SMILES string of the molecule is CCCCNC(C)C.CCc1cccc(NC(=O)CO)c1. The first-order chi connectivity index (χ1) is 10.0. The van der Waals surface area contributed by atoms with Crippen LogP contribution in [0, 0.1) is 0 Å². The zero-order valence-corrected chi connectivity index (χ0v) is 13.8. The van der Waals surface area contributed by atoms with Crippen molar-refractivity contribution >= 4 is 11.6 Å². The molecule has 1 rings (SSSR count). The summed E-state index contributed by atoms with van der Waals surface area (Å²) in [5.41, 5.74) is 1.90. The number of unbranched alkanes of at least 4 members (excludes halogenated alkanes) is 1. The molecule has 0 saturated heterocycles. The first kappa shape index (κ1) is 19.6. The molecule has 0 saturated carbocycles. The van der Waals surface area contributed by atoms with E-state index in [1.54, 1.807) is 6.07 Å². The molecule has 0 fully saturated rings. The van der Waals surface area contributed by atoms with E-state index in [4.69, 9.17) is 5.11 Å². The fourth-order valence-corrected chi connectivity index (χ4v) is 1.64. The Bertz CT molecular complexity index is 392. The normalized spacial score (nSPS) is 10.0. The van der Waals surface area contributed by atoms with Gasteiger partial charge in [-0.2, -0.15) is 0 Å². The van der Waals surface area contributed by atoms with E-state index in [9.17, 15) is 4.79 Å². The summed E-state index contributed by atoms with van der Waals surface area (Å²) in [5, 5.41) is 14.4. The number of nitrogens with one attached hydrogen (secondary N) is 2. The number of aliphatic hydroxyl groups excluding tert-OH is 1. The van der Waals surface area contributed by atoms with Gasteiger partial charge in [-0.3, -0.25) is 4.79 Å². The molecule has 0 radical (unpaired) electrons. The summed E-state index contributed by atoms with van der Waals surface area (Å²) in [6.45, 7) is 9.31. The smallest absolute Gasteiger partial charge is 0.250 e. The summed E-state index contributed by atoms with van der Waals surface area (Å²) in [6, 6.07) is 8.22. The van der Waals surface area contributed by atoms with Gasteiger partial charge in [0, 0.05) is 11.7 Å². The number of amides is 1. The molecule has 0 aliphatic carbocycles. The van der Waals surface area contributed by atoms with Crippen LogP contribution in [-0.2, 0) is 11.2 Å². The zero-order valence-electron chi connectivity index (χ0n) is 13.8. The van der Waals surface area contributed by atoms with Gasteiger partial charge in [-0.15, -0.1) is 0 Å². The monoisotopic (exact) mass is 294 g/mol. The van der Waals surface area contributed by atoms with Crippen LogP contribution in [0.2, 0.25) is 0 Å². The molecular formula is C17H30N2O2. The van der Waals surface area contributed by atoms with E-state index in [0.29, 0.717) is 6.04 Å². The van der Waals surface area contributed by atoms with Crippen molar-refractivity contribution in [2.45, 2.75) is 53.0 Å². The highest BCUT2D eigenvalue weighted by molar-refractivity contribution is 5.91. The Kier molecular flexibility index (Phi) is 11.5. The number of benzene rings is 1. The van der Waals surface area contributed by atoms with E-state index in [-0.39, 0.29) is 5.91 Å². The maximum absolute atomic E-state index is 10.8. The van der Waals surface area contributed by atoms with Crippen LogP contribution in [0.3, 0.4) is 0 Å². The highest BCUT2D eigenvalue weighted by Crippen LogP contribution is 2.10. The molecule has 0 unspecified atom stereocenters. The molecule has 0 aliphatic rings. The standard InChI is InChI=1S/C10H13NO2.C7H17N/c1-2-8-4-3-5-9(6-8)11-10(13)7-12;1-4-5-6-8-7(2)3/h3-6,12H,2,7H2,1H3,(H,11,13);7-8H,4-6H2,1-3H3. The van der Waals surface area contributed by atoms with Crippen molar-refractivity contribution < 1.29 is 9.90 Å². The lowest BCUT2D eigenvalue weighted by Gasteiger charge is -2.05. The average molecular weight is 294 g/mol. The molecule has 0 heterocycles. The van der Waals surface area contributed by atoms with E-state index < -0.39 is 6.61 Å². The van der Waals surface area contributed by atoms with Crippen molar-refractivity contribution in [3.63, 3.8) is 0 Å². The molecular weight excluding hydrogens is 264 g/mol. The van der Waals surface area contributed by atoms with Gasteiger partial charge in [-0.1, -0.05) is 46.2 Å². The van der Waals surface area contributed by atoms with Gasteiger partial charge in [0.25, 0.3) is 0 Å². The quantitative estimate of drug-likeness (QED) is 0.678. The lowest BCUT2D eigenvalue weighted by Crippen LogP contribution is -2.23. The molecule has 120 valence electrons. The van der Waals surface area contributed by atoms with Crippen molar-refractivity contribution in [2.24, 2.45) is 0 Å². The maximum Gasteiger partial charge on any atom is 0.250 e. The number of anilines is 1. The minimum Gasteiger partial charge on any atom is -0.387 e. The predicted octanol–water partition coefficient (Wildman–Crippen LogP) is 2.96. The zero-order chi connectivity index (χ0) is 16.1. The first-order valence-corrected chi connectivity index (χ1v) is 7.76. The van der Waals surface area contributed by atoms with Gasteiger partial charge in [0.2, 0.25) is 5.91 Å². The van der Waals surface area contributed by atoms with Gasteiger partial charge in [0.15, 0.2) is 0 Å². The average Bonchev–Trinajstić information content (AvgIpc) is 2.48. The molecule has 0 bridgehead atoms. The van der Waals surface area contributed by atoms with Crippen LogP contribution in [-0.4, -0.2) is 30.2 Å². The van der Waals surface area contributed by atoms with Crippen molar-refractivity contribution in [1.29, 1.82) is 0 Å². The number of carbonyl (C=O) groups is 1. The van der Waals surface area contributed by atoms with Gasteiger partial charge in [-0.25, -0.2) is 0 Å². The van der Waals surface area contributed by atoms with E-state index >= 15 is 0 Å². The Morgan fingerprint density at radius 3 is 2.52 bits per heavy atom. The molecule has 1 aromatic carbocycles. The van der Waals surface area contributed by atoms with Crippen LogP contribution in [0.4, 0.5) is 5.69 Å². The van der Waals surface area contributed by atoms with Crippen molar-refractivity contribution in [1.82, 2.24) is 5.32 Å². The minimum atomic E-state index is -0.476. The van der Waals surface area contributed by atoms with Crippen molar-refractivity contribution in [3.05, 3.63) is 29.8 Å². The molecule has 0 aliphatic heterocycles. The third-order valence-electron chi connectivity index (χ3n) is 2.85. The Morgan fingerprint density at radius 1 is 1.29 bits per heavy atom. The van der Waals surface area contributed by atoms with E-state index in [2.05, 4.69) is 31.4 Å². The van der Waals surface area contributed by atoms with Gasteiger partial charge in [0.1, 0.15) is 6.61 Å². The number of hydrogen-bond acceptors (Lipinski definition) is 3. The van der Waals surface area contributed by atoms with Gasteiger partial charge in [0.05, 0.1) is 0 Å². The molecule has 1 amide bonds. The molecule has 21 heavy (non-hydrogen) atoms. The highest BCUT2D eigenvalue weighted by atomic mass is 16.3. The molecule has 0 aromatic heterocycles. The number of aryl methyl sites for hydroxylation is 1. The van der Waals surface area contributed by atoms with Crippen LogP contribution in [0.1, 0.15) is 46.1 Å². The summed E-state index contributed by atoms with van der Waals surface area (Å²) in [6.07, 6.45) is 3.53. The van der Waals surface area contributed by atoms with Gasteiger partial charge < -0.3 is 15.7 Å². The second-order valence-corrected chi connectivity index (χ2v) is 5.22. The Hall–Kier alpha value is -1.39. The van der Waals surface area contributed by atoms with E-state index in [1.807, 2.05) is 25.1 Å². The summed E-state index contributed by atoms with van der Waals surface area (Å²) in [7, 11) is 0. The van der Waals surface area contributed by atoms with Crippen LogP contribution < -0.4 is 10.6 Å². The largest absolute Gasteiger partial charge is 0.387 e. The number of hydrogen-bond donors (Lipinski definition) is 3. The number of aliphatic hydroxyl groups is 1. The summed E-state index contributed by atoms with van der Waals surface area (Å²) in [5.74, 6) is -0.381. The summed E-state index contributed by atoms with van der Waals surface area (Å²) in [4.78, 5) is 10.8. The highest BCUT2D eigenvalue weighted by Gasteiger charge is 1.99. The fraction of sp³-hybridized carbons (Fsp3) is 0.588. The van der Waals surface area contributed by atoms with Gasteiger partial charge in [-0.05, 0) is 37.1 Å². The topological polar surface area (TPSA) is 61.4 Å². The number of rotatable bonds is 7. The van der Waals surface area contributed by atoms with Crippen LogP contribution in [0.15, 0.2) is 24.3 Å². The fourth-order valence-electron chi connectivity index (χ4n) is 1.64. The van der Waals surface area contributed by atoms with E-state index in [0.717, 1.165) is 17.7 Å². The molecule has 3 N–H and O–H groups in total. The second-order valence-electron chi connectivity index (χ2n) is 5.22. The van der Waals surface area contributed by atoms with Crippen LogP contribution in [0.25, 0.3) is 0 Å². The second kappa shape index (κ2) is 12.4. The summed E-state index contributed by atoms with van der Waals surface area (Å²) >= 11 is 0. The molecule has 4 nitrogen and oxygen atoms in total. The molecule has 0 atom stereocenters. The Labute approximate surface area is 129 Å². The van der Waals surface area contributed by atoms with Crippen molar-refractivity contribution in [2.75, 3.05) is 18.5 Å². The Balaban J connectivity index is 0.000000433. The summed E-state index contributed by atoms with van der Waals surface area (Å²) < 4.78 is 0. The molecule has 1 aromatic rings. The third-order valence-corrected chi connectivity index (χ3v) is 2.85. The third kappa shape index (κ3) is 11.0. The molecule has 4 heteroatoms. The van der Waals surface area contributed by atoms with Crippen molar-refractivity contribution in [3.8, 4) is 0 Å². The maximum atomic E-state index is 10.8. The van der Waals surface area contributed by atoms with Gasteiger partial charge >= 0.3 is 0 Å². The predicted molar refractivity (Wildman–Crippen MR) is 89.6 cm³/mol. The molecule has 0 spiro atoms. The van der Waals surface area contributed by atoms with Crippen LogP contribution in [0.5, 0.6) is 0 Å².